The molecule has 1 N–H and O–H groups in total. The maximum absolute atomic E-state index is 10.2. The Morgan fingerprint density at radius 1 is 0.917 bits per heavy atom. The lowest BCUT2D eigenvalue weighted by Crippen LogP contribution is -2.26. The second kappa shape index (κ2) is 5.45. The number of rotatable bonds is 2. The van der Waals surface area contributed by atoms with Gasteiger partial charge in [-0.1, -0.05) is 47.6 Å². The molecule has 0 fully saturated rings. The highest BCUT2D eigenvalue weighted by Gasteiger charge is 2.19. The highest BCUT2D eigenvalue weighted by atomic mass is 16.3. The van der Waals surface area contributed by atoms with Gasteiger partial charge in [0.2, 0.25) is 0 Å². The van der Waals surface area contributed by atoms with Gasteiger partial charge >= 0.3 is 5.95 Å². The monoisotopic (exact) mass is 317 g/mol. The molecule has 0 atom stereocenters. The molecule has 0 aliphatic rings. The third-order valence-electron chi connectivity index (χ3n) is 4.32. The van der Waals surface area contributed by atoms with Crippen LogP contribution < -0.4 is 4.57 Å². The van der Waals surface area contributed by atoms with Gasteiger partial charge in [0.25, 0.3) is 0 Å². The summed E-state index contributed by atoms with van der Waals surface area (Å²) < 4.78 is 3.97. The Hall–Kier alpha value is -3.21. The van der Waals surface area contributed by atoms with Gasteiger partial charge in [-0.2, -0.15) is 0 Å². The number of imidazole rings is 1. The van der Waals surface area contributed by atoms with E-state index in [0.29, 0.717) is 11.6 Å². The molecule has 0 unspecified atom stereocenters. The van der Waals surface area contributed by atoms with Gasteiger partial charge in [-0.25, -0.2) is 9.13 Å². The SMILES string of the molecule is Cn1c(N=Nc2c(O)ccc3ccccc23)[n+](C)c2ccccc21. The molecule has 0 bridgehead atoms. The van der Waals surface area contributed by atoms with Gasteiger partial charge in [0.1, 0.15) is 16.8 Å². The highest BCUT2D eigenvalue weighted by Crippen LogP contribution is 2.35. The molecule has 0 aliphatic heterocycles. The first kappa shape index (κ1) is 14.4. The van der Waals surface area contributed by atoms with Crippen LogP contribution in [0.1, 0.15) is 0 Å². The van der Waals surface area contributed by atoms with E-state index in [0.717, 1.165) is 21.8 Å². The Labute approximate surface area is 139 Å². The van der Waals surface area contributed by atoms with Crippen molar-refractivity contribution in [3.63, 3.8) is 0 Å². The lowest BCUT2D eigenvalue weighted by molar-refractivity contribution is -0.632. The normalized spacial score (nSPS) is 11.8. The van der Waals surface area contributed by atoms with Gasteiger partial charge in [0.15, 0.2) is 5.69 Å². The quantitative estimate of drug-likeness (QED) is 0.435. The Morgan fingerprint density at radius 2 is 1.67 bits per heavy atom. The van der Waals surface area contributed by atoms with Crippen LogP contribution in [-0.4, -0.2) is 9.67 Å². The number of hydrogen-bond donors (Lipinski definition) is 1. The fraction of sp³-hybridized carbons (Fsp3) is 0.105. The van der Waals surface area contributed by atoms with Crippen molar-refractivity contribution in [2.45, 2.75) is 0 Å². The summed E-state index contributed by atoms with van der Waals surface area (Å²) in [5.41, 5.74) is 2.64. The fourth-order valence-electron chi connectivity index (χ4n) is 3.05. The lowest BCUT2D eigenvalue weighted by atomic mass is 10.1. The van der Waals surface area contributed by atoms with Crippen molar-refractivity contribution in [2.24, 2.45) is 24.3 Å². The fourth-order valence-corrected chi connectivity index (χ4v) is 3.05. The summed E-state index contributed by atoms with van der Waals surface area (Å²) >= 11 is 0. The molecule has 0 aliphatic carbocycles. The maximum Gasteiger partial charge on any atom is 0.422 e. The minimum atomic E-state index is 0.124. The van der Waals surface area contributed by atoms with E-state index in [1.165, 1.54) is 0 Å². The molecule has 1 heterocycles. The van der Waals surface area contributed by atoms with Crippen molar-refractivity contribution >= 4 is 33.4 Å². The molecule has 0 saturated heterocycles. The number of phenolic OH excluding ortho intramolecular Hbond substituents is 1. The molecule has 4 rings (SSSR count). The van der Waals surface area contributed by atoms with Crippen molar-refractivity contribution in [2.75, 3.05) is 0 Å². The smallest absolute Gasteiger partial charge is 0.422 e. The van der Waals surface area contributed by atoms with Crippen LogP contribution in [0.3, 0.4) is 0 Å². The zero-order valence-electron chi connectivity index (χ0n) is 13.5. The molecule has 118 valence electrons. The Bertz CT molecular complexity index is 1060. The molecule has 0 saturated carbocycles. The van der Waals surface area contributed by atoms with E-state index in [9.17, 15) is 5.11 Å². The average Bonchev–Trinajstić information content (AvgIpc) is 2.86. The summed E-state index contributed by atoms with van der Waals surface area (Å²) in [6.07, 6.45) is 0. The van der Waals surface area contributed by atoms with Crippen molar-refractivity contribution in [3.8, 4) is 5.75 Å². The molecule has 5 heteroatoms. The van der Waals surface area contributed by atoms with Crippen LogP contribution in [0.4, 0.5) is 11.6 Å². The predicted molar refractivity (Wildman–Crippen MR) is 93.9 cm³/mol. The largest absolute Gasteiger partial charge is 0.506 e. The number of phenols is 1. The Kier molecular flexibility index (Phi) is 3.27. The summed E-state index contributed by atoms with van der Waals surface area (Å²) in [5, 5.41) is 20.9. The van der Waals surface area contributed by atoms with E-state index < -0.39 is 0 Å². The van der Waals surface area contributed by atoms with Gasteiger partial charge in [-0.3, -0.25) is 0 Å². The maximum atomic E-state index is 10.2. The van der Waals surface area contributed by atoms with E-state index in [1.54, 1.807) is 6.07 Å². The molecule has 0 spiro atoms. The zero-order chi connectivity index (χ0) is 16.7. The Balaban J connectivity index is 1.89. The van der Waals surface area contributed by atoms with Crippen LogP contribution in [0.25, 0.3) is 21.8 Å². The minimum Gasteiger partial charge on any atom is -0.506 e. The highest BCUT2D eigenvalue weighted by molar-refractivity contribution is 5.95. The topological polar surface area (TPSA) is 53.8 Å². The second-order valence-corrected chi connectivity index (χ2v) is 5.76. The van der Waals surface area contributed by atoms with Gasteiger partial charge in [0.05, 0.1) is 14.1 Å². The molecule has 0 radical (unpaired) electrons. The number of aromatic hydroxyl groups is 1. The van der Waals surface area contributed by atoms with Crippen LogP contribution in [0, 0.1) is 0 Å². The number of para-hydroxylation sites is 2. The molecule has 24 heavy (non-hydrogen) atoms. The molecular formula is C19H17N4O+. The molecular weight excluding hydrogens is 300 g/mol. The van der Waals surface area contributed by atoms with Crippen LogP contribution in [-0.2, 0) is 14.1 Å². The summed E-state index contributed by atoms with van der Waals surface area (Å²) in [4.78, 5) is 0. The number of azo groups is 1. The van der Waals surface area contributed by atoms with E-state index in [4.69, 9.17) is 0 Å². The second-order valence-electron chi connectivity index (χ2n) is 5.76. The zero-order valence-corrected chi connectivity index (χ0v) is 13.5. The summed E-state index contributed by atoms with van der Waals surface area (Å²) in [6, 6.07) is 19.4. The van der Waals surface area contributed by atoms with Crippen LogP contribution in [0.5, 0.6) is 5.75 Å². The van der Waals surface area contributed by atoms with Gasteiger partial charge in [0, 0.05) is 10.5 Å². The Morgan fingerprint density at radius 3 is 2.50 bits per heavy atom. The van der Waals surface area contributed by atoms with Gasteiger partial charge in [-0.05, 0) is 23.6 Å². The van der Waals surface area contributed by atoms with Crippen molar-refractivity contribution in [3.05, 3.63) is 60.7 Å². The van der Waals surface area contributed by atoms with Crippen LogP contribution >= 0.6 is 0 Å². The standard InChI is InChI=1S/C19H16N4O/c1-22-15-9-5-6-10-16(15)23(2)19(22)21-20-18-14-8-4-3-7-13(14)11-12-17(18)24/h3-12H,1-2H3/p+1. The number of aryl methyl sites for hydroxylation is 2. The van der Waals surface area contributed by atoms with Gasteiger partial charge < -0.3 is 5.11 Å². The van der Waals surface area contributed by atoms with E-state index in [-0.39, 0.29) is 5.75 Å². The van der Waals surface area contributed by atoms with Gasteiger partial charge in [-0.15, -0.1) is 0 Å². The molecule has 3 aromatic carbocycles. The summed E-state index contributed by atoms with van der Waals surface area (Å²) in [5.74, 6) is 0.836. The number of hydrogen-bond acceptors (Lipinski definition) is 3. The predicted octanol–water partition coefficient (Wildman–Crippen LogP) is 4.28. The van der Waals surface area contributed by atoms with Crippen molar-refractivity contribution in [1.29, 1.82) is 0 Å². The number of fused-ring (bicyclic) bond motifs is 2. The van der Waals surface area contributed by atoms with Crippen LogP contribution in [0.15, 0.2) is 70.9 Å². The molecule has 4 aromatic rings. The van der Waals surface area contributed by atoms with Crippen molar-refractivity contribution in [1.82, 2.24) is 4.57 Å². The minimum absolute atomic E-state index is 0.124. The van der Waals surface area contributed by atoms with E-state index in [2.05, 4.69) is 10.2 Å². The molecule has 5 nitrogen and oxygen atoms in total. The van der Waals surface area contributed by atoms with E-state index >= 15 is 0 Å². The first-order valence-electron chi connectivity index (χ1n) is 7.73. The number of benzene rings is 3. The first-order valence-corrected chi connectivity index (χ1v) is 7.73. The number of nitrogens with zero attached hydrogens (tertiary/aromatic N) is 4. The summed E-state index contributed by atoms with van der Waals surface area (Å²) in [6.45, 7) is 0. The molecule has 0 amide bonds. The summed E-state index contributed by atoms with van der Waals surface area (Å²) in [7, 11) is 3.92. The van der Waals surface area contributed by atoms with E-state index in [1.807, 2.05) is 77.8 Å². The molecule has 1 aromatic heterocycles. The number of aromatic nitrogens is 2. The third-order valence-corrected chi connectivity index (χ3v) is 4.32. The average molecular weight is 317 g/mol. The van der Waals surface area contributed by atoms with Crippen molar-refractivity contribution < 1.29 is 9.67 Å². The van der Waals surface area contributed by atoms with Crippen LogP contribution in [0.2, 0.25) is 0 Å². The lowest BCUT2D eigenvalue weighted by Gasteiger charge is -2.01. The first-order chi connectivity index (χ1) is 11.7. The third kappa shape index (κ3) is 2.13.